The zero-order valence-electron chi connectivity index (χ0n) is 12.5. The van der Waals surface area contributed by atoms with E-state index in [2.05, 4.69) is 31.3 Å². The zero-order chi connectivity index (χ0) is 15.1. The van der Waals surface area contributed by atoms with Gasteiger partial charge < -0.3 is 10.1 Å². The molecule has 1 atom stereocenters. The van der Waals surface area contributed by atoms with Gasteiger partial charge in [0.25, 0.3) is 0 Å². The van der Waals surface area contributed by atoms with Gasteiger partial charge in [-0.25, -0.2) is 0 Å². The van der Waals surface area contributed by atoms with Gasteiger partial charge in [-0.1, -0.05) is 38.1 Å². The molecule has 0 aromatic heterocycles. The number of nitrogens with zero attached hydrogens (tertiary/aromatic N) is 1. The van der Waals surface area contributed by atoms with Gasteiger partial charge in [-0.3, -0.25) is 0 Å². The van der Waals surface area contributed by atoms with Crippen LogP contribution in [-0.2, 0) is 0 Å². The van der Waals surface area contributed by atoms with Crippen LogP contribution in [0.3, 0.4) is 0 Å². The molecule has 0 saturated carbocycles. The SMILES string of the molecule is CCNC(CC)c1cccc(Oc2ccccc2C#N)c1. The Hall–Kier alpha value is -2.31. The maximum atomic E-state index is 9.11. The average Bonchev–Trinajstić information content (AvgIpc) is 2.53. The van der Waals surface area contributed by atoms with Crippen molar-refractivity contribution >= 4 is 0 Å². The van der Waals surface area contributed by atoms with Crippen molar-refractivity contribution in [3.8, 4) is 17.6 Å². The van der Waals surface area contributed by atoms with Crippen LogP contribution < -0.4 is 10.1 Å². The third kappa shape index (κ3) is 3.84. The summed E-state index contributed by atoms with van der Waals surface area (Å²) in [6.45, 7) is 5.19. The lowest BCUT2D eigenvalue weighted by Crippen LogP contribution is -2.19. The summed E-state index contributed by atoms with van der Waals surface area (Å²) in [5.74, 6) is 1.35. The van der Waals surface area contributed by atoms with Crippen molar-refractivity contribution in [1.29, 1.82) is 5.26 Å². The number of para-hydroxylation sites is 1. The van der Waals surface area contributed by atoms with Crippen molar-refractivity contribution < 1.29 is 4.74 Å². The summed E-state index contributed by atoms with van der Waals surface area (Å²) in [4.78, 5) is 0. The summed E-state index contributed by atoms with van der Waals surface area (Å²) in [5, 5.41) is 12.6. The second kappa shape index (κ2) is 7.47. The molecule has 0 fully saturated rings. The van der Waals surface area contributed by atoms with Crippen LogP contribution in [0.5, 0.6) is 11.5 Å². The number of benzene rings is 2. The monoisotopic (exact) mass is 280 g/mol. The minimum absolute atomic E-state index is 0.324. The second-order valence-corrected chi connectivity index (χ2v) is 4.80. The number of nitriles is 1. The van der Waals surface area contributed by atoms with Crippen molar-refractivity contribution in [2.24, 2.45) is 0 Å². The number of hydrogen-bond donors (Lipinski definition) is 1. The number of ether oxygens (including phenoxy) is 1. The minimum Gasteiger partial charge on any atom is -0.456 e. The predicted molar refractivity (Wildman–Crippen MR) is 84.4 cm³/mol. The molecule has 0 saturated heterocycles. The van der Waals surface area contributed by atoms with Crippen molar-refractivity contribution in [3.63, 3.8) is 0 Å². The first-order valence-corrected chi connectivity index (χ1v) is 7.28. The van der Waals surface area contributed by atoms with E-state index in [9.17, 15) is 0 Å². The summed E-state index contributed by atoms with van der Waals surface area (Å²) in [6, 6.07) is 17.8. The molecular weight excluding hydrogens is 260 g/mol. The highest BCUT2D eigenvalue weighted by Gasteiger charge is 2.09. The Bertz CT molecular complexity index is 631. The number of nitrogens with one attached hydrogen (secondary N) is 1. The maximum Gasteiger partial charge on any atom is 0.145 e. The maximum absolute atomic E-state index is 9.11. The fourth-order valence-electron chi connectivity index (χ4n) is 2.31. The highest BCUT2D eigenvalue weighted by molar-refractivity contribution is 5.45. The molecule has 0 aliphatic carbocycles. The van der Waals surface area contributed by atoms with Crippen LogP contribution >= 0.6 is 0 Å². The first kappa shape index (κ1) is 15.1. The molecule has 0 spiro atoms. The van der Waals surface area contributed by atoms with Crippen LogP contribution in [0.1, 0.15) is 37.4 Å². The van der Waals surface area contributed by atoms with E-state index in [1.165, 1.54) is 5.56 Å². The molecular formula is C18H20N2O. The quantitative estimate of drug-likeness (QED) is 0.852. The predicted octanol–water partition coefficient (Wildman–Crippen LogP) is 4.41. The van der Waals surface area contributed by atoms with Gasteiger partial charge in [0, 0.05) is 6.04 Å². The fourth-order valence-corrected chi connectivity index (χ4v) is 2.31. The largest absolute Gasteiger partial charge is 0.456 e. The van der Waals surface area contributed by atoms with Crippen LogP contribution in [0.4, 0.5) is 0 Å². The van der Waals surface area contributed by atoms with Crippen LogP contribution in [0.2, 0.25) is 0 Å². The Kier molecular flexibility index (Phi) is 5.36. The first-order valence-electron chi connectivity index (χ1n) is 7.28. The van der Waals surface area contributed by atoms with Crippen molar-refractivity contribution in [2.75, 3.05) is 6.54 Å². The molecule has 1 unspecified atom stereocenters. The summed E-state index contributed by atoms with van der Waals surface area (Å²) in [7, 11) is 0. The summed E-state index contributed by atoms with van der Waals surface area (Å²) < 4.78 is 5.86. The van der Waals surface area contributed by atoms with Gasteiger partial charge in [-0.2, -0.15) is 5.26 Å². The molecule has 108 valence electrons. The highest BCUT2D eigenvalue weighted by Crippen LogP contribution is 2.27. The van der Waals surface area contributed by atoms with Crippen molar-refractivity contribution in [3.05, 3.63) is 59.7 Å². The van der Waals surface area contributed by atoms with E-state index in [4.69, 9.17) is 10.00 Å². The Morgan fingerprint density at radius 3 is 2.67 bits per heavy atom. The molecule has 21 heavy (non-hydrogen) atoms. The van der Waals surface area contributed by atoms with E-state index in [1.807, 2.05) is 36.4 Å². The van der Waals surface area contributed by atoms with E-state index < -0.39 is 0 Å². The topological polar surface area (TPSA) is 45.0 Å². The minimum atomic E-state index is 0.324. The lowest BCUT2D eigenvalue weighted by Gasteiger charge is -2.17. The summed E-state index contributed by atoms with van der Waals surface area (Å²) in [5.41, 5.74) is 1.74. The molecule has 3 heteroatoms. The zero-order valence-corrected chi connectivity index (χ0v) is 12.5. The third-order valence-electron chi connectivity index (χ3n) is 3.35. The van der Waals surface area contributed by atoms with Gasteiger partial charge in [0.2, 0.25) is 0 Å². The van der Waals surface area contributed by atoms with E-state index in [0.717, 1.165) is 18.7 Å². The molecule has 1 N–H and O–H groups in total. The van der Waals surface area contributed by atoms with E-state index in [1.54, 1.807) is 6.07 Å². The normalized spacial score (nSPS) is 11.7. The van der Waals surface area contributed by atoms with E-state index in [-0.39, 0.29) is 0 Å². The van der Waals surface area contributed by atoms with Gasteiger partial charge in [0.15, 0.2) is 0 Å². The molecule has 2 aromatic carbocycles. The Balaban J connectivity index is 2.23. The summed E-state index contributed by atoms with van der Waals surface area (Å²) in [6.07, 6.45) is 1.02. The second-order valence-electron chi connectivity index (χ2n) is 4.80. The molecule has 2 aromatic rings. The standard InChI is InChI=1S/C18H20N2O/c1-3-17(20-4-2)14-9-7-10-16(12-14)21-18-11-6-5-8-15(18)13-19/h5-12,17,20H,3-4H2,1-2H3. The van der Waals surface area contributed by atoms with E-state index in [0.29, 0.717) is 17.4 Å². The highest BCUT2D eigenvalue weighted by atomic mass is 16.5. The Morgan fingerprint density at radius 2 is 1.95 bits per heavy atom. The van der Waals surface area contributed by atoms with Crippen LogP contribution in [0.15, 0.2) is 48.5 Å². The molecule has 0 amide bonds. The first-order chi connectivity index (χ1) is 10.3. The van der Waals surface area contributed by atoms with Crippen molar-refractivity contribution in [1.82, 2.24) is 5.32 Å². The van der Waals surface area contributed by atoms with Gasteiger partial charge in [0.1, 0.15) is 17.6 Å². The van der Waals surface area contributed by atoms with Crippen molar-refractivity contribution in [2.45, 2.75) is 26.3 Å². The molecule has 0 heterocycles. The molecule has 0 aliphatic heterocycles. The van der Waals surface area contributed by atoms with Gasteiger partial charge in [-0.15, -0.1) is 0 Å². The smallest absolute Gasteiger partial charge is 0.145 e. The Morgan fingerprint density at radius 1 is 1.14 bits per heavy atom. The Labute approximate surface area is 126 Å². The average molecular weight is 280 g/mol. The van der Waals surface area contributed by atoms with E-state index >= 15 is 0 Å². The molecule has 0 radical (unpaired) electrons. The van der Waals surface area contributed by atoms with Crippen LogP contribution in [0, 0.1) is 11.3 Å². The lowest BCUT2D eigenvalue weighted by atomic mass is 10.0. The summed E-state index contributed by atoms with van der Waals surface area (Å²) >= 11 is 0. The fraction of sp³-hybridized carbons (Fsp3) is 0.278. The third-order valence-corrected chi connectivity index (χ3v) is 3.35. The number of rotatable bonds is 6. The molecule has 2 rings (SSSR count). The molecule has 0 aliphatic rings. The van der Waals surface area contributed by atoms with Gasteiger partial charge in [-0.05, 0) is 42.8 Å². The van der Waals surface area contributed by atoms with Gasteiger partial charge in [0.05, 0.1) is 5.56 Å². The van der Waals surface area contributed by atoms with Crippen LogP contribution in [-0.4, -0.2) is 6.54 Å². The van der Waals surface area contributed by atoms with Crippen LogP contribution in [0.25, 0.3) is 0 Å². The number of hydrogen-bond acceptors (Lipinski definition) is 3. The lowest BCUT2D eigenvalue weighted by molar-refractivity contribution is 0.476. The molecule has 0 bridgehead atoms. The molecule has 3 nitrogen and oxygen atoms in total. The van der Waals surface area contributed by atoms with Gasteiger partial charge >= 0.3 is 0 Å².